The highest BCUT2D eigenvalue weighted by Gasteiger charge is 2.41. The van der Waals surface area contributed by atoms with Gasteiger partial charge in [-0.3, -0.25) is 23.9 Å². The zero-order valence-corrected chi connectivity index (χ0v) is 27.0. The molecular weight excluding hydrogens is 615 g/mol. The molecule has 0 saturated carbocycles. The summed E-state index contributed by atoms with van der Waals surface area (Å²) >= 11 is 0. The summed E-state index contributed by atoms with van der Waals surface area (Å²) in [5.74, 6) is -0.859. The number of likely N-dealkylation sites (tertiary alicyclic amines) is 2. The van der Waals surface area contributed by atoms with Crippen molar-refractivity contribution < 1.29 is 23.8 Å². The van der Waals surface area contributed by atoms with E-state index in [4.69, 9.17) is 10.5 Å². The van der Waals surface area contributed by atoms with Crippen LogP contribution in [0.5, 0.6) is 11.6 Å². The fraction of sp³-hybridized carbons (Fsp3) is 0.361. The number of aryl methyl sites for hydroxylation is 2. The smallest absolute Gasteiger partial charge is 0.280 e. The second-order valence-electron chi connectivity index (χ2n) is 12.8. The average Bonchev–Trinajstić information content (AvgIpc) is 3.08. The van der Waals surface area contributed by atoms with Crippen LogP contribution in [0.2, 0.25) is 0 Å². The topological polar surface area (TPSA) is 144 Å². The van der Waals surface area contributed by atoms with Crippen molar-refractivity contribution in [2.75, 3.05) is 31.9 Å². The maximum absolute atomic E-state index is 14.1. The summed E-state index contributed by atoms with van der Waals surface area (Å²) in [5.41, 5.74) is 7.13. The molecule has 48 heavy (non-hydrogen) atoms. The van der Waals surface area contributed by atoms with E-state index in [1.165, 1.54) is 35.2 Å². The van der Waals surface area contributed by atoms with Gasteiger partial charge in [0, 0.05) is 55.0 Å². The highest BCUT2D eigenvalue weighted by atomic mass is 19.1. The largest absolute Gasteiger partial charge is 0.437 e. The fourth-order valence-corrected chi connectivity index (χ4v) is 6.76. The van der Waals surface area contributed by atoms with Gasteiger partial charge in [0.15, 0.2) is 5.69 Å². The second-order valence-corrected chi connectivity index (χ2v) is 12.8. The number of anilines is 1. The van der Waals surface area contributed by atoms with Gasteiger partial charge in [-0.2, -0.15) is 0 Å². The molecule has 2 aromatic heterocycles. The van der Waals surface area contributed by atoms with E-state index in [-0.39, 0.29) is 60.4 Å². The van der Waals surface area contributed by atoms with E-state index in [0.29, 0.717) is 38.2 Å². The number of hydrogen-bond donors (Lipinski definition) is 2. The minimum Gasteiger partial charge on any atom is -0.437 e. The Morgan fingerprint density at radius 2 is 1.67 bits per heavy atom. The molecule has 6 rings (SSSR count). The van der Waals surface area contributed by atoms with Crippen molar-refractivity contribution >= 4 is 17.5 Å². The number of aliphatic hydroxyl groups is 1. The molecular formula is C36H39FN6O5. The van der Waals surface area contributed by atoms with Crippen molar-refractivity contribution in [1.82, 2.24) is 24.3 Å². The Bertz CT molecular complexity index is 1840. The summed E-state index contributed by atoms with van der Waals surface area (Å²) in [7, 11) is 0. The number of halogens is 1. The molecule has 0 bridgehead atoms. The third-order valence-electron chi connectivity index (χ3n) is 9.31. The van der Waals surface area contributed by atoms with Gasteiger partial charge in [-0.25, -0.2) is 9.37 Å². The maximum atomic E-state index is 14.1. The molecule has 4 heterocycles. The molecule has 250 valence electrons. The first kappa shape index (κ1) is 32.8. The van der Waals surface area contributed by atoms with Crippen LogP contribution in [0.15, 0.2) is 77.9 Å². The van der Waals surface area contributed by atoms with Gasteiger partial charge in [-0.1, -0.05) is 30.3 Å². The Kier molecular flexibility index (Phi) is 9.27. The Balaban J connectivity index is 1.12. The first-order valence-electron chi connectivity index (χ1n) is 16.1. The standard InChI is InChI=1S/C36H39FN6O5/c1-23-18-26(19-24(2)40-23)33(44)42-15-12-29(30(20-42)25-6-4-3-5-7-25)34(45)41-16-13-36(47,14-17-41)21-43-22-39-32(31(38)35(43)46)48-28-10-8-27(37)9-11-28/h3-11,18-19,22,29-30,47H,12-17,20-21,38H2,1-2H3/t29-,30+/m1/s1. The molecule has 2 aliphatic heterocycles. The number of pyridine rings is 1. The normalized spacial score (nSPS) is 19.2. The van der Waals surface area contributed by atoms with Gasteiger partial charge >= 0.3 is 0 Å². The van der Waals surface area contributed by atoms with Gasteiger partial charge in [0.05, 0.1) is 12.1 Å². The van der Waals surface area contributed by atoms with E-state index in [9.17, 15) is 23.9 Å². The molecule has 2 fully saturated rings. The van der Waals surface area contributed by atoms with Gasteiger partial charge < -0.3 is 25.4 Å². The molecule has 11 nitrogen and oxygen atoms in total. The second kappa shape index (κ2) is 13.6. The monoisotopic (exact) mass is 654 g/mol. The number of nitrogen functional groups attached to an aromatic ring is 1. The summed E-state index contributed by atoms with van der Waals surface area (Å²) in [5, 5.41) is 11.5. The van der Waals surface area contributed by atoms with Gasteiger partial charge in [0.1, 0.15) is 17.9 Å². The lowest BCUT2D eigenvalue weighted by Gasteiger charge is -2.43. The molecule has 0 spiro atoms. The summed E-state index contributed by atoms with van der Waals surface area (Å²) < 4.78 is 20.0. The molecule has 2 amide bonds. The number of benzene rings is 2. The van der Waals surface area contributed by atoms with Crippen molar-refractivity contribution in [3.8, 4) is 11.6 Å². The van der Waals surface area contributed by atoms with Crippen molar-refractivity contribution in [2.24, 2.45) is 5.92 Å². The molecule has 3 N–H and O–H groups in total. The third kappa shape index (κ3) is 7.08. The summed E-state index contributed by atoms with van der Waals surface area (Å²) in [6, 6.07) is 18.7. The number of rotatable bonds is 7. The van der Waals surface area contributed by atoms with Gasteiger partial charge in [0.25, 0.3) is 11.5 Å². The Morgan fingerprint density at radius 3 is 2.33 bits per heavy atom. The number of carbonyl (C=O) groups is 2. The Morgan fingerprint density at radius 1 is 1.00 bits per heavy atom. The van der Waals surface area contributed by atoms with Crippen LogP contribution >= 0.6 is 0 Å². The van der Waals surface area contributed by atoms with Crippen LogP contribution in [0, 0.1) is 25.6 Å². The van der Waals surface area contributed by atoms with Gasteiger partial charge in [0.2, 0.25) is 11.8 Å². The first-order valence-corrected chi connectivity index (χ1v) is 16.1. The summed E-state index contributed by atoms with van der Waals surface area (Å²) in [6.07, 6.45) is 2.29. The minimum absolute atomic E-state index is 0.000949. The fourth-order valence-electron chi connectivity index (χ4n) is 6.76. The number of piperidine rings is 2. The zero-order chi connectivity index (χ0) is 34.0. The molecule has 2 atom stereocenters. The lowest BCUT2D eigenvalue weighted by atomic mass is 9.79. The van der Waals surface area contributed by atoms with Crippen LogP contribution in [-0.4, -0.2) is 73.0 Å². The summed E-state index contributed by atoms with van der Waals surface area (Å²) in [4.78, 5) is 52.8. The quantitative estimate of drug-likeness (QED) is 0.304. The van der Waals surface area contributed by atoms with Crippen molar-refractivity contribution in [2.45, 2.75) is 51.2 Å². The number of carbonyl (C=O) groups excluding carboxylic acids is 2. The SMILES string of the molecule is Cc1cc(C(=O)N2CC[C@@H](C(=O)N3CCC(O)(Cn4cnc(Oc5ccc(F)cc5)c(N)c4=O)CC3)[C@H](c3ccccc3)C2)cc(C)n1. The molecule has 0 aliphatic carbocycles. The number of hydrogen-bond acceptors (Lipinski definition) is 8. The molecule has 0 unspecified atom stereocenters. The lowest BCUT2D eigenvalue weighted by Crippen LogP contribution is -2.53. The van der Waals surface area contributed by atoms with E-state index in [1.807, 2.05) is 49.1 Å². The number of nitrogens with zero attached hydrogens (tertiary/aromatic N) is 5. The van der Waals surface area contributed by atoms with Gasteiger partial charge in [-0.05, 0) is 75.1 Å². The maximum Gasteiger partial charge on any atom is 0.280 e. The zero-order valence-electron chi connectivity index (χ0n) is 27.0. The highest BCUT2D eigenvalue weighted by molar-refractivity contribution is 5.94. The molecule has 2 aliphatic rings. The predicted octanol–water partition coefficient (Wildman–Crippen LogP) is 4.07. The van der Waals surface area contributed by atoms with Crippen LogP contribution < -0.4 is 16.0 Å². The Labute approximate surface area is 277 Å². The van der Waals surface area contributed by atoms with Crippen LogP contribution in [0.4, 0.5) is 10.1 Å². The summed E-state index contributed by atoms with van der Waals surface area (Å²) in [6.45, 7) is 5.18. The lowest BCUT2D eigenvalue weighted by molar-refractivity contribution is -0.142. The number of amides is 2. The third-order valence-corrected chi connectivity index (χ3v) is 9.31. The molecule has 2 aromatic carbocycles. The molecule has 2 saturated heterocycles. The molecule has 0 radical (unpaired) electrons. The van der Waals surface area contributed by atoms with Crippen LogP contribution in [0.1, 0.15) is 52.5 Å². The van der Waals surface area contributed by atoms with E-state index in [0.717, 1.165) is 17.0 Å². The Hall–Kier alpha value is -5.10. The molecule has 12 heteroatoms. The van der Waals surface area contributed by atoms with E-state index in [1.54, 1.807) is 17.0 Å². The van der Waals surface area contributed by atoms with Crippen LogP contribution in [0.25, 0.3) is 0 Å². The van der Waals surface area contributed by atoms with Gasteiger partial charge in [-0.15, -0.1) is 0 Å². The number of ether oxygens (including phenoxy) is 1. The first-order chi connectivity index (χ1) is 23.0. The molecule has 4 aromatic rings. The van der Waals surface area contributed by atoms with Crippen LogP contribution in [0.3, 0.4) is 0 Å². The minimum atomic E-state index is -1.26. The number of aromatic nitrogens is 3. The van der Waals surface area contributed by atoms with E-state index in [2.05, 4.69) is 9.97 Å². The van der Waals surface area contributed by atoms with E-state index < -0.39 is 17.0 Å². The average molecular weight is 655 g/mol. The predicted molar refractivity (Wildman–Crippen MR) is 177 cm³/mol. The van der Waals surface area contributed by atoms with Crippen molar-refractivity contribution in [3.63, 3.8) is 0 Å². The highest BCUT2D eigenvalue weighted by Crippen LogP contribution is 2.36. The number of nitrogens with two attached hydrogens (primary N) is 1. The van der Waals surface area contributed by atoms with Crippen LogP contribution in [-0.2, 0) is 11.3 Å². The van der Waals surface area contributed by atoms with E-state index >= 15 is 0 Å². The van der Waals surface area contributed by atoms with Crippen molar-refractivity contribution in [3.05, 3.63) is 112 Å². The van der Waals surface area contributed by atoms with Crippen molar-refractivity contribution in [1.29, 1.82) is 0 Å².